The third-order valence-corrected chi connectivity index (χ3v) is 5.57. The van der Waals surface area contributed by atoms with Crippen LogP contribution in [0.5, 0.6) is 0 Å². The van der Waals surface area contributed by atoms with Gasteiger partial charge in [-0.25, -0.2) is 0 Å². The molecule has 0 heterocycles. The third-order valence-electron chi connectivity index (χ3n) is 5.57. The molecule has 0 unspecified atom stereocenters. The van der Waals surface area contributed by atoms with Gasteiger partial charge in [0.15, 0.2) is 0 Å². The molecule has 0 radical (unpaired) electrons. The Labute approximate surface area is 191 Å². The molecule has 168 valence electrons. The minimum atomic E-state index is -0.505. The zero-order valence-corrected chi connectivity index (χ0v) is 19.6. The van der Waals surface area contributed by atoms with Crippen LogP contribution in [-0.2, 0) is 22.6 Å². The molecule has 3 rings (SSSR count). The number of amides is 2. The van der Waals surface area contributed by atoms with Gasteiger partial charge in [-0.3, -0.25) is 9.59 Å². The molecule has 0 bridgehead atoms. The summed E-state index contributed by atoms with van der Waals surface area (Å²) in [5.41, 5.74) is 1.82. The standard InChI is InChI=1S/C28H34N2O2/c1-5-25(27(32)29-28(2,3)4)30(20-21-12-7-6-8-13-21)26(31)19-18-23-16-11-15-22-14-9-10-17-24(22)23/h6-17,25H,5,18-20H2,1-4H3,(H,29,32)/t25-/m0/s1. The van der Waals surface area contributed by atoms with Crippen LogP contribution < -0.4 is 5.32 Å². The summed E-state index contributed by atoms with van der Waals surface area (Å²) in [6.07, 6.45) is 1.57. The molecule has 2 amide bonds. The average Bonchev–Trinajstić information content (AvgIpc) is 2.76. The highest BCUT2D eigenvalue weighted by Gasteiger charge is 2.30. The van der Waals surface area contributed by atoms with Gasteiger partial charge >= 0.3 is 0 Å². The van der Waals surface area contributed by atoms with Crippen LogP contribution in [0.3, 0.4) is 0 Å². The van der Waals surface area contributed by atoms with E-state index in [1.165, 1.54) is 10.8 Å². The molecule has 0 fully saturated rings. The first-order chi connectivity index (χ1) is 15.3. The monoisotopic (exact) mass is 430 g/mol. The van der Waals surface area contributed by atoms with Crippen molar-refractivity contribution in [2.75, 3.05) is 0 Å². The van der Waals surface area contributed by atoms with Crippen molar-refractivity contribution in [2.24, 2.45) is 0 Å². The fourth-order valence-corrected chi connectivity index (χ4v) is 4.05. The summed E-state index contributed by atoms with van der Waals surface area (Å²) in [6, 6.07) is 23.8. The number of hydrogen-bond donors (Lipinski definition) is 1. The number of nitrogens with one attached hydrogen (secondary N) is 1. The van der Waals surface area contributed by atoms with Gasteiger partial charge in [-0.2, -0.15) is 0 Å². The van der Waals surface area contributed by atoms with Crippen LogP contribution in [0.2, 0.25) is 0 Å². The molecule has 4 nitrogen and oxygen atoms in total. The normalized spacial score (nSPS) is 12.4. The lowest BCUT2D eigenvalue weighted by atomic mass is 10.00. The maximum Gasteiger partial charge on any atom is 0.243 e. The lowest BCUT2D eigenvalue weighted by molar-refractivity contribution is -0.142. The Hall–Kier alpha value is -3.14. The van der Waals surface area contributed by atoms with Crippen molar-refractivity contribution in [1.29, 1.82) is 0 Å². The average molecular weight is 431 g/mol. The highest BCUT2D eigenvalue weighted by Crippen LogP contribution is 2.21. The molecule has 0 aliphatic heterocycles. The third kappa shape index (κ3) is 6.19. The quantitative estimate of drug-likeness (QED) is 0.513. The van der Waals surface area contributed by atoms with Crippen molar-refractivity contribution in [3.63, 3.8) is 0 Å². The first-order valence-electron chi connectivity index (χ1n) is 11.4. The van der Waals surface area contributed by atoms with Gasteiger partial charge in [0.25, 0.3) is 0 Å². The van der Waals surface area contributed by atoms with Crippen LogP contribution in [0.25, 0.3) is 10.8 Å². The van der Waals surface area contributed by atoms with E-state index in [0.717, 1.165) is 11.1 Å². The minimum Gasteiger partial charge on any atom is -0.350 e. The predicted octanol–water partition coefficient (Wildman–Crippen LogP) is 5.49. The number of fused-ring (bicyclic) bond motifs is 1. The van der Waals surface area contributed by atoms with E-state index in [4.69, 9.17) is 0 Å². The molecule has 1 atom stereocenters. The largest absolute Gasteiger partial charge is 0.350 e. The van der Waals surface area contributed by atoms with Gasteiger partial charge in [-0.1, -0.05) is 79.7 Å². The maximum atomic E-state index is 13.5. The molecule has 4 heteroatoms. The summed E-state index contributed by atoms with van der Waals surface area (Å²) in [5.74, 6) is -0.105. The molecule has 32 heavy (non-hydrogen) atoms. The Kier molecular flexibility index (Phi) is 7.68. The number of nitrogens with zero attached hydrogens (tertiary/aromatic N) is 1. The Morgan fingerprint density at radius 3 is 2.25 bits per heavy atom. The van der Waals surface area contributed by atoms with Gasteiger partial charge in [0, 0.05) is 18.5 Å². The van der Waals surface area contributed by atoms with Crippen LogP contribution in [0.1, 0.15) is 51.7 Å². The lowest BCUT2D eigenvalue weighted by Crippen LogP contribution is -2.53. The van der Waals surface area contributed by atoms with Crippen molar-refractivity contribution in [3.8, 4) is 0 Å². The Bertz CT molecular complexity index is 1050. The summed E-state index contributed by atoms with van der Waals surface area (Å²) in [5, 5.41) is 5.41. The molecular weight excluding hydrogens is 396 g/mol. The molecule has 1 N–H and O–H groups in total. The molecule has 3 aromatic rings. The molecule has 0 aliphatic rings. The van der Waals surface area contributed by atoms with Crippen LogP contribution in [-0.4, -0.2) is 28.3 Å². The van der Waals surface area contributed by atoms with E-state index in [1.54, 1.807) is 4.90 Å². The second-order valence-electron chi connectivity index (χ2n) is 9.31. The predicted molar refractivity (Wildman–Crippen MR) is 131 cm³/mol. The molecular formula is C28H34N2O2. The van der Waals surface area contributed by atoms with Gasteiger partial charge in [-0.15, -0.1) is 0 Å². The fourth-order valence-electron chi connectivity index (χ4n) is 4.05. The van der Waals surface area contributed by atoms with Gasteiger partial charge in [-0.05, 0) is 55.5 Å². The topological polar surface area (TPSA) is 49.4 Å². The molecule has 3 aromatic carbocycles. The van der Waals surface area contributed by atoms with E-state index in [9.17, 15) is 9.59 Å². The highest BCUT2D eigenvalue weighted by molar-refractivity contribution is 5.89. The lowest BCUT2D eigenvalue weighted by Gasteiger charge is -2.33. The van der Waals surface area contributed by atoms with Gasteiger partial charge in [0.2, 0.25) is 11.8 Å². The van der Waals surface area contributed by atoms with Gasteiger partial charge in [0.05, 0.1) is 0 Å². The van der Waals surface area contributed by atoms with Crippen LogP contribution in [0.4, 0.5) is 0 Å². The van der Waals surface area contributed by atoms with Crippen molar-refractivity contribution in [1.82, 2.24) is 10.2 Å². The van der Waals surface area contributed by atoms with E-state index >= 15 is 0 Å². The number of hydrogen-bond acceptors (Lipinski definition) is 2. The number of aryl methyl sites for hydroxylation is 1. The summed E-state index contributed by atoms with van der Waals surface area (Å²) in [4.78, 5) is 28.3. The first-order valence-corrected chi connectivity index (χ1v) is 11.4. The van der Waals surface area contributed by atoms with Crippen LogP contribution in [0.15, 0.2) is 72.8 Å². The van der Waals surface area contributed by atoms with Gasteiger partial charge < -0.3 is 10.2 Å². The van der Waals surface area contributed by atoms with E-state index in [-0.39, 0.29) is 17.4 Å². The summed E-state index contributed by atoms with van der Waals surface area (Å²) < 4.78 is 0. The zero-order valence-electron chi connectivity index (χ0n) is 19.6. The molecule has 0 aliphatic carbocycles. The molecule has 0 saturated carbocycles. The summed E-state index contributed by atoms with van der Waals surface area (Å²) >= 11 is 0. The van der Waals surface area contributed by atoms with Crippen molar-refractivity contribution >= 4 is 22.6 Å². The molecule has 0 saturated heterocycles. The zero-order chi connectivity index (χ0) is 23.1. The fraction of sp³-hybridized carbons (Fsp3) is 0.357. The second-order valence-corrected chi connectivity index (χ2v) is 9.31. The SMILES string of the molecule is CC[C@@H](C(=O)NC(C)(C)C)N(Cc1ccccc1)C(=O)CCc1cccc2ccccc12. The molecule has 0 aromatic heterocycles. The van der Waals surface area contributed by atoms with Crippen molar-refractivity contribution < 1.29 is 9.59 Å². The van der Waals surface area contributed by atoms with E-state index in [2.05, 4.69) is 29.6 Å². The van der Waals surface area contributed by atoms with Crippen molar-refractivity contribution in [3.05, 3.63) is 83.9 Å². The summed E-state index contributed by atoms with van der Waals surface area (Å²) in [6.45, 7) is 8.26. The maximum absolute atomic E-state index is 13.5. The Morgan fingerprint density at radius 1 is 0.906 bits per heavy atom. The minimum absolute atomic E-state index is 0.00213. The van der Waals surface area contributed by atoms with Gasteiger partial charge in [0.1, 0.15) is 6.04 Å². The molecule has 0 spiro atoms. The Morgan fingerprint density at radius 2 is 1.56 bits per heavy atom. The van der Waals surface area contributed by atoms with E-state index in [1.807, 2.05) is 76.2 Å². The van der Waals surface area contributed by atoms with Crippen LogP contribution in [0, 0.1) is 0 Å². The number of rotatable bonds is 8. The smallest absolute Gasteiger partial charge is 0.243 e. The van der Waals surface area contributed by atoms with Crippen LogP contribution >= 0.6 is 0 Å². The van der Waals surface area contributed by atoms with E-state index in [0.29, 0.717) is 25.8 Å². The second kappa shape index (κ2) is 10.4. The van der Waals surface area contributed by atoms with Crippen molar-refractivity contribution in [2.45, 2.75) is 65.1 Å². The first kappa shape index (κ1) is 23.5. The highest BCUT2D eigenvalue weighted by atomic mass is 16.2. The Balaban J connectivity index is 1.82. The van der Waals surface area contributed by atoms with E-state index < -0.39 is 6.04 Å². The number of benzene rings is 3. The number of carbonyl (C=O) groups is 2. The number of carbonyl (C=O) groups excluding carboxylic acids is 2. The summed E-state index contributed by atoms with van der Waals surface area (Å²) in [7, 11) is 0.